The number of hydrogen-bond acceptors (Lipinski definition) is 0. The average Bonchev–Trinajstić information content (AvgIpc) is 3.84. The van der Waals surface area contributed by atoms with Gasteiger partial charge in [-0.05, 0) is 129 Å². The van der Waals surface area contributed by atoms with Gasteiger partial charge >= 0.3 is 0 Å². The molecule has 2 atom stereocenters. The summed E-state index contributed by atoms with van der Waals surface area (Å²) in [6, 6.07) is 0. The Morgan fingerprint density at radius 2 is 1.18 bits per heavy atom. The van der Waals surface area contributed by atoms with E-state index < -0.39 is 0 Å². The zero-order valence-electron chi connectivity index (χ0n) is 25.9. The van der Waals surface area contributed by atoms with Crippen molar-refractivity contribution >= 4 is 0 Å². The van der Waals surface area contributed by atoms with Crippen molar-refractivity contribution in [2.45, 2.75) is 174 Å². The lowest BCUT2D eigenvalue weighted by molar-refractivity contribution is 0.0947. The van der Waals surface area contributed by atoms with Crippen molar-refractivity contribution in [3.8, 4) is 0 Å². The third-order valence-corrected chi connectivity index (χ3v) is 13.4. The minimum absolute atomic E-state index is 0.558. The standard InChI is InChI=1S/C39H62/c1-2-3-4-10-25-39(27-29-13-11-14-29)34(26-28-21-22-28)35(30-15-6-5-7-16-30)36(31-17-8-9-18-31)37(32-19-12-20-32)38(39)33-23-24-33/h28-34H,2-27H2,1H3. The molecule has 39 heavy (non-hydrogen) atoms. The minimum atomic E-state index is 0.558. The van der Waals surface area contributed by atoms with Gasteiger partial charge in [0.05, 0.1) is 0 Å². The second-order valence-electron chi connectivity index (χ2n) is 16.1. The zero-order valence-corrected chi connectivity index (χ0v) is 25.9. The predicted molar refractivity (Wildman–Crippen MR) is 167 cm³/mol. The zero-order chi connectivity index (χ0) is 26.2. The Labute approximate surface area is 242 Å². The van der Waals surface area contributed by atoms with Crippen LogP contribution in [0.3, 0.4) is 0 Å². The second kappa shape index (κ2) is 12.0. The Morgan fingerprint density at radius 1 is 0.538 bits per heavy atom. The second-order valence-corrected chi connectivity index (χ2v) is 16.1. The maximum atomic E-state index is 2.42. The van der Waals surface area contributed by atoms with Gasteiger partial charge in [-0.2, -0.15) is 0 Å². The fourth-order valence-corrected chi connectivity index (χ4v) is 10.7. The number of hydrogen-bond donors (Lipinski definition) is 0. The maximum absolute atomic E-state index is 2.42. The van der Waals surface area contributed by atoms with Crippen LogP contribution in [0.5, 0.6) is 0 Å². The van der Waals surface area contributed by atoms with Gasteiger partial charge in [0.15, 0.2) is 0 Å². The fraction of sp³-hybridized carbons (Fsp3) is 0.897. The molecule has 7 aliphatic carbocycles. The molecule has 0 nitrogen and oxygen atoms in total. The summed E-state index contributed by atoms with van der Waals surface area (Å²) in [7, 11) is 0. The first-order valence-corrected chi connectivity index (χ1v) is 18.8. The quantitative estimate of drug-likeness (QED) is 0.208. The molecule has 7 aliphatic rings. The largest absolute Gasteiger partial charge is 0.0654 e. The molecule has 7 rings (SSSR count). The summed E-state index contributed by atoms with van der Waals surface area (Å²) in [5.74, 6) is 6.88. The molecule has 0 aromatic rings. The van der Waals surface area contributed by atoms with Crippen LogP contribution in [0.4, 0.5) is 0 Å². The topological polar surface area (TPSA) is 0 Å². The van der Waals surface area contributed by atoms with Crippen LogP contribution in [0.2, 0.25) is 0 Å². The van der Waals surface area contributed by atoms with Crippen molar-refractivity contribution in [3.05, 3.63) is 22.3 Å². The van der Waals surface area contributed by atoms with E-state index in [4.69, 9.17) is 0 Å². The van der Waals surface area contributed by atoms with Crippen LogP contribution in [-0.4, -0.2) is 0 Å². The molecule has 0 aliphatic heterocycles. The highest BCUT2D eigenvalue weighted by Gasteiger charge is 2.56. The van der Waals surface area contributed by atoms with E-state index in [-0.39, 0.29) is 0 Å². The Hall–Kier alpha value is -0.520. The summed E-state index contributed by atoms with van der Waals surface area (Å²) in [4.78, 5) is 0. The van der Waals surface area contributed by atoms with Crippen molar-refractivity contribution in [1.29, 1.82) is 0 Å². The smallest absolute Gasteiger partial charge is 0.00109 e. The van der Waals surface area contributed by atoms with Crippen LogP contribution in [0.15, 0.2) is 22.3 Å². The van der Waals surface area contributed by atoms with Gasteiger partial charge in [-0.3, -0.25) is 0 Å². The first-order chi connectivity index (χ1) is 19.3. The van der Waals surface area contributed by atoms with Gasteiger partial charge in [0, 0.05) is 0 Å². The summed E-state index contributed by atoms with van der Waals surface area (Å²) in [5.41, 5.74) is 9.19. The summed E-state index contributed by atoms with van der Waals surface area (Å²) in [6.07, 6.45) is 39.8. The highest BCUT2D eigenvalue weighted by molar-refractivity contribution is 5.53. The van der Waals surface area contributed by atoms with Crippen LogP contribution in [0.1, 0.15) is 174 Å². The molecule has 0 saturated heterocycles. The molecule has 0 radical (unpaired) electrons. The molecule has 0 heterocycles. The Kier molecular flexibility index (Phi) is 8.40. The lowest BCUT2D eigenvalue weighted by atomic mass is 9.48. The molecule has 6 fully saturated rings. The Bertz CT molecular complexity index is 890. The van der Waals surface area contributed by atoms with Gasteiger partial charge in [-0.25, -0.2) is 0 Å². The van der Waals surface area contributed by atoms with Crippen LogP contribution >= 0.6 is 0 Å². The maximum Gasteiger partial charge on any atom is -0.00109 e. The highest BCUT2D eigenvalue weighted by atomic mass is 14.6. The third kappa shape index (κ3) is 5.52. The minimum Gasteiger partial charge on any atom is -0.0654 e. The summed E-state index contributed by atoms with van der Waals surface area (Å²) < 4.78 is 0. The molecule has 0 amide bonds. The molecule has 6 saturated carbocycles. The number of rotatable bonds is 13. The number of unbranched alkanes of at least 4 members (excludes halogenated alkanes) is 3. The van der Waals surface area contributed by atoms with E-state index in [1.54, 1.807) is 70.6 Å². The first-order valence-electron chi connectivity index (χ1n) is 18.8. The van der Waals surface area contributed by atoms with Crippen LogP contribution in [0.25, 0.3) is 0 Å². The summed E-state index contributed by atoms with van der Waals surface area (Å²) in [6.45, 7) is 2.42. The highest BCUT2D eigenvalue weighted by Crippen LogP contribution is 2.68. The van der Waals surface area contributed by atoms with Crippen molar-refractivity contribution < 1.29 is 0 Å². The van der Waals surface area contributed by atoms with E-state index in [9.17, 15) is 0 Å². The van der Waals surface area contributed by atoms with Gasteiger partial charge in [-0.15, -0.1) is 0 Å². The summed E-state index contributed by atoms with van der Waals surface area (Å²) in [5, 5.41) is 0. The lowest BCUT2D eigenvalue weighted by Crippen LogP contribution is -2.45. The molecule has 2 unspecified atom stereocenters. The normalized spacial score (nSPS) is 33.6. The van der Waals surface area contributed by atoms with E-state index in [0.29, 0.717) is 5.41 Å². The van der Waals surface area contributed by atoms with Gasteiger partial charge in [0.25, 0.3) is 0 Å². The molecule has 0 bridgehead atoms. The van der Waals surface area contributed by atoms with Crippen LogP contribution in [-0.2, 0) is 0 Å². The summed E-state index contributed by atoms with van der Waals surface area (Å²) >= 11 is 0. The van der Waals surface area contributed by atoms with Crippen LogP contribution in [0, 0.1) is 46.8 Å². The third-order valence-electron chi connectivity index (χ3n) is 13.4. The monoisotopic (exact) mass is 530 g/mol. The Balaban J connectivity index is 1.42. The van der Waals surface area contributed by atoms with Crippen molar-refractivity contribution in [3.63, 3.8) is 0 Å². The van der Waals surface area contributed by atoms with Crippen molar-refractivity contribution in [2.75, 3.05) is 0 Å². The molecule has 0 aromatic heterocycles. The van der Waals surface area contributed by atoms with Crippen molar-refractivity contribution in [2.24, 2.45) is 46.8 Å². The SMILES string of the molecule is CCCCCCC1(CC2CCC2)C(C2CC2)=C(C2CCC2)C(C2CCCC2)=C(C2CCCCC2)C1CC1CC1. The molecule has 0 spiro atoms. The van der Waals surface area contributed by atoms with Gasteiger partial charge in [0.2, 0.25) is 0 Å². The van der Waals surface area contributed by atoms with Gasteiger partial charge in [-0.1, -0.05) is 114 Å². The van der Waals surface area contributed by atoms with E-state index in [1.165, 1.54) is 96.3 Å². The van der Waals surface area contributed by atoms with Gasteiger partial charge in [0.1, 0.15) is 0 Å². The average molecular weight is 531 g/mol. The molecule has 218 valence electrons. The molecule has 0 N–H and O–H groups in total. The van der Waals surface area contributed by atoms with Gasteiger partial charge < -0.3 is 0 Å². The van der Waals surface area contributed by atoms with Crippen molar-refractivity contribution in [1.82, 2.24) is 0 Å². The van der Waals surface area contributed by atoms with E-state index in [2.05, 4.69) is 29.2 Å². The predicted octanol–water partition coefficient (Wildman–Crippen LogP) is 12.1. The molecular formula is C39H62. The van der Waals surface area contributed by atoms with E-state index in [0.717, 1.165) is 41.4 Å². The fourth-order valence-electron chi connectivity index (χ4n) is 10.7. The lowest BCUT2D eigenvalue weighted by Gasteiger charge is -2.56. The van der Waals surface area contributed by atoms with Crippen LogP contribution < -0.4 is 0 Å². The molecule has 0 aromatic carbocycles. The Morgan fingerprint density at radius 3 is 1.77 bits per heavy atom. The van der Waals surface area contributed by atoms with E-state index in [1.807, 2.05) is 0 Å². The molecule has 0 heteroatoms. The molecular weight excluding hydrogens is 468 g/mol. The number of allylic oxidation sites excluding steroid dienone is 4. The van der Waals surface area contributed by atoms with E-state index >= 15 is 0 Å². The first kappa shape index (κ1) is 27.3.